The average molecular weight is 698 g/mol. The van der Waals surface area contributed by atoms with Gasteiger partial charge in [-0.25, -0.2) is 18.7 Å². The van der Waals surface area contributed by atoms with Gasteiger partial charge < -0.3 is 9.67 Å². The summed E-state index contributed by atoms with van der Waals surface area (Å²) in [5.41, 5.74) is 4.65. The van der Waals surface area contributed by atoms with Crippen molar-refractivity contribution in [2.45, 2.75) is 77.4 Å². The molecule has 0 bridgehead atoms. The van der Waals surface area contributed by atoms with Crippen LogP contribution in [0.4, 0.5) is 13.9 Å². The van der Waals surface area contributed by atoms with Crippen molar-refractivity contribution in [3.05, 3.63) is 93.6 Å². The molecular formula is C38H41F2N7O2S. The number of aliphatic hydroxyl groups excluding tert-OH is 1. The molecule has 7 rings (SSSR count). The zero-order valence-corrected chi connectivity index (χ0v) is 29.3. The van der Waals surface area contributed by atoms with Crippen LogP contribution in [0.15, 0.2) is 54.4 Å². The van der Waals surface area contributed by atoms with Gasteiger partial charge >= 0.3 is 0 Å². The van der Waals surface area contributed by atoms with Gasteiger partial charge in [0.05, 0.1) is 17.5 Å². The van der Waals surface area contributed by atoms with Crippen LogP contribution in [0, 0.1) is 24.7 Å². The number of carbonyl (C=O) groups is 1. The molecule has 2 aliphatic heterocycles. The molecule has 260 valence electrons. The summed E-state index contributed by atoms with van der Waals surface area (Å²) < 4.78 is 32.9. The highest BCUT2D eigenvalue weighted by atomic mass is 32.1. The van der Waals surface area contributed by atoms with Crippen molar-refractivity contribution >= 4 is 33.3 Å². The predicted octanol–water partition coefficient (Wildman–Crippen LogP) is 6.84. The molecule has 1 fully saturated rings. The summed E-state index contributed by atoms with van der Waals surface area (Å²) in [5.74, 6) is 6.29. The van der Waals surface area contributed by atoms with Crippen LogP contribution in [0.25, 0.3) is 10.9 Å². The molecule has 2 aromatic carbocycles. The third-order valence-electron chi connectivity index (χ3n) is 10.6. The van der Waals surface area contributed by atoms with Crippen molar-refractivity contribution in [2.24, 2.45) is 5.92 Å². The molecule has 0 radical (unpaired) electrons. The fourth-order valence-electron chi connectivity index (χ4n) is 7.22. The molecular weight excluding hydrogens is 657 g/mol. The lowest BCUT2D eigenvalue weighted by atomic mass is 9.96. The third kappa shape index (κ3) is 6.57. The van der Waals surface area contributed by atoms with Crippen LogP contribution in [0.1, 0.15) is 91.2 Å². The fraction of sp³-hybridized carbons (Fsp3) is 0.421. The minimum atomic E-state index is -2.78. The number of likely N-dealkylation sites (tertiary alicyclic amines) is 1. The van der Waals surface area contributed by atoms with E-state index < -0.39 is 18.4 Å². The van der Waals surface area contributed by atoms with Crippen LogP contribution in [-0.2, 0) is 23.3 Å². The van der Waals surface area contributed by atoms with Crippen molar-refractivity contribution in [3.63, 3.8) is 0 Å². The van der Waals surface area contributed by atoms with Gasteiger partial charge in [0, 0.05) is 64.2 Å². The number of anilines is 1. The van der Waals surface area contributed by atoms with Crippen molar-refractivity contribution in [1.82, 2.24) is 29.2 Å². The van der Waals surface area contributed by atoms with E-state index in [1.165, 1.54) is 33.8 Å². The number of nitrogens with zero attached hydrogens (tertiary/aromatic N) is 6. The summed E-state index contributed by atoms with van der Waals surface area (Å²) in [7, 11) is 0. The van der Waals surface area contributed by atoms with Gasteiger partial charge in [-0.15, -0.1) is 11.3 Å². The maximum absolute atomic E-state index is 14.6. The van der Waals surface area contributed by atoms with E-state index in [2.05, 4.69) is 57.6 Å². The van der Waals surface area contributed by atoms with Gasteiger partial charge in [-0.2, -0.15) is 5.10 Å². The van der Waals surface area contributed by atoms with E-state index in [0.717, 1.165) is 63.0 Å². The number of carbonyl (C=O) groups excluding carboxylic acids is 1. The minimum absolute atomic E-state index is 0.114. The standard InChI is InChI=1S/C38H41F2N7O2S/c1-4-38(3)14-11-31-33(42-23-46(31)38)34(36(49)43-37-41-15-18-50-37)47-21-30-29(35(39)40)19-28(24(2)32(30)44-47)10-9-25-5-7-26(8-6-25)20-45-16-12-27(22-48)13-17-45/h5-8,15,18-19,21,23,27,34-35,48H,4,11-14,16-17,20,22H2,1-3H3,(H,41,43,49). The van der Waals surface area contributed by atoms with Crippen LogP contribution in [0.3, 0.4) is 0 Å². The monoisotopic (exact) mass is 697 g/mol. The second-order valence-corrected chi connectivity index (χ2v) is 14.6. The second-order valence-electron chi connectivity index (χ2n) is 13.7. The Morgan fingerprint density at radius 2 is 1.96 bits per heavy atom. The normalized spacial score (nSPS) is 18.7. The number of hydrogen-bond donors (Lipinski definition) is 2. The van der Waals surface area contributed by atoms with E-state index in [9.17, 15) is 18.7 Å². The first-order valence-electron chi connectivity index (χ1n) is 17.2. The van der Waals surface area contributed by atoms with Gasteiger partial charge in [-0.05, 0) is 94.3 Å². The Balaban J connectivity index is 1.21. The molecule has 5 aromatic rings. The predicted molar refractivity (Wildman–Crippen MR) is 190 cm³/mol. The zero-order valence-electron chi connectivity index (χ0n) is 28.5. The summed E-state index contributed by atoms with van der Waals surface area (Å²) in [5, 5.41) is 19.6. The Bertz CT molecular complexity index is 2050. The van der Waals surface area contributed by atoms with Crippen molar-refractivity contribution in [1.29, 1.82) is 0 Å². The number of aromatic nitrogens is 5. The first-order valence-corrected chi connectivity index (χ1v) is 18.1. The van der Waals surface area contributed by atoms with Gasteiger partial charge in [0.25, 0.3) is 12.3 Å². The van der Waals surface area contributed by atoms with Crippen molar-refractivity contribution < 1.29 is 18.7 Å². The maximum atomic E-state index is 14.6. The highest BCUT2D eigenvalue weighted by Crippen LogP contribution is 2.39. The molecule has 1 amide bonds. The quantitative estimate of drug-likeness (QED) is 0.164. The molecule has 0 spiro atoms. The van der Waals surface area contributed by atoms with E-state index in [0.29, 0.717) is 33.4 Å². The molecule has 2 atom stereocenters. The molecule has 2 unspecified atom stereocenters. The van der Waals surface area contributed by atoms with Gasteiger partial charge in [-0.3, -0.25) is 19.7 Å². The Kier molecular flexibility index (Phi) is 9.57. The number of halogens is 2. The molecule has 2 N–H and O–H groups in total. The number of aliphatic hydroxyl groups is 1. The number of piperidine rings is 1. The SMILES string of the molecule is CCC1(C)CCc2c(C(C(=O)Nc3nccs3)n3cc4c(C(F)F)cc(C#Cc5ccc(CN6CCC(CO)CC6)cc5)c(C)c4n3)ncn21. The second kappa shape index (κ2) is 14.1. The summed E-state index contributed by atoms with van der Waals surface area (Å²) in [6, 6.07) is 8.46. The van der Waals surface area contributed by atoms with E-state index in [4.69, 9.17) is 10.1 Å². The molecule has 1 saturated heterocycles. The van der Waals surface area contributed by atoms with Crippen LogP contribution in [0.5, 0.6) is 0 Å². The summed E-state index contributed by atoms with van der Waals surface area (Å²) >= 11 is 1.30. The Labute approximate surface area is 294 Å². The maximum Gasteiger partial charge on any atom is 0.264 e. The fourth-order valence-corrected chi connectivity index (χ4v) is 7.76. The number of hydrogen-bond acceptors (Lipinski definition) is 7. The number of imidazole rings is 1. The average Bonchev–Trinajstić information content (AvgIpc) is 3.93. The molecule has 2 aliphatic rings. The number of benzene rings is 2. The first-order chi connectivity index (χ1) is 24.2. The molecule has 50 heavy (non-hydrogen) atoms. The summed E-state index contributed by atoms with van der Waals surface area (Å²) in [4.78, 5) is 25.3. The highest BCUT2D eigenvalue weighted by Gasteiger charge is 2.39. The summed E-state index contributed by atoms with van der Waals surface area (Å²) in [6.07, 6.45) is 6.74. The molecule has 0 aliphatic carbocycles. The van der Waals surface area contributed by atoms with Crippen LogP contribution in [-0.4, -0.2) is 59.9 Å². The number of rotatable bonds is 9. The molecule has 3 aromatic heterocycles. The lowest BCUT2D eigenvalue weighted by Gasteiger charge is -2.31. The molecule has 0 saturated carbocycles. The van der Waals surface area contributed by atoms with Crippen LogP contribution < -0.4 is 5.32 Å². The summed E-state index contributed by atoms with van der Waals surface area (Å²) in [6.45, 7) is 9.18. The largest absolute Gasteiger partial charge is 0.396 e. The van der Waals surface area contributed by atoms with Crippen LogP contribution >= 0.6 is 11.3 Å². The first kappa shape index (κ1) is 34.0. The molecule has 12 heteroatoms. The minimum Gasteiger partial charge on any atom is -0.396 e. The van der Waals surface area contributed by atoms with Crippen molar-refractivity contribution in [3.8, 4) is 11.8 Å². The zero-order chi connectivity index (χ0) is 35.0. The smallest absolute Gasteiger partial charge is 0.264 e. The van der Waals surface area contributed by atoms with E-state index in [1.807, 2.05) is 19.1 Å². The van der Waals surface area contributed by atoms with Gasteiger partial charge in [0.1, 0.15) is 0 Å². The van der Waals surface area contributed by atoms with E-state index >= 15 is 0 Å². The topological polar surface area (TPSA) is 101 Å². The number of fused-ring (bicyclic) bond motifs is 2. The number of alkyl halides is 2. The lowest BCUT2D eigenvalue weighted by Crippen LogP contribution is -2.34. The Morgan fingerprint density at radius 1 is 1.18 bits per heavy atom. The van der Waals surface area contributed by atoms with Gasteiger partial charge in [0.15, 0.2) is 11.2 Å². The third-order valence-corrected chi connectivity index (χ3v) is 11.3. The molecule has 9 nitrogen and oxygen atoms in total. The van der Waals surface area contributed by atoms with E-state index in [-0.39, 0.29) is 23.1 Å². The number of aryl methyl sites for hydroxylation is 1. The number of amides is 1. The number of thiazole rings is 1. The van der Waals surface area contributed by atoms with Gasteiger partial charge in [-0.1, -0.05) is 30.9 Å². The lowest BCUT2D eigenvalue weighted by molar-refractivity contribution is -0.118. The number of nitrogens with one attached hydrogen (secondary N) is 1. The van der Waals surface area contributed by atoms with Crippen molar-refractivity contribution in [2.75, 3.05) is 25.0 Å². The Morgan fingerprint density at radius 3 is 2.64 bits per heavy atom. The Hall–Kier alpha value is -4.44. The van der Waals surface area contributed by atoms with Crippen LogP contribution in [0.2, 0.25) is 0 Å². The molecule has 5 heterocycles. The van der Waals surface area contributed by atoms with Gasteiger partial charge in [0.2, 0.25) is 0 Å². The highest BCUT2D eigenvalue weighted by molar-refractivity contribution is 7.13. The van der Waals surface area contributed by atoms with E-state index in [1.54, 1.807) is 17.9 Å².